The van der Waals surface area contributed by atoms with E-state index in [1.54, 1.807) is 49.6 Å². The van der Waals surface area contributed by atoms with E-state index in [1.165, 1.54) is 0 Å². The highest BCUT2D eigenvalue weighted by Gasteiger charge is 2.10. The molecule has 0 saturated heterocycles. The number of hydrogen-bond acceptors (Lipinski definition) is 4. The van der Waals surface area contributed by atoms with E-state index in [4.69, 9.17) is 4.74 Å². The Balaban J connectivity index is 2.00. The topological polar surface area (TPSA) is 76.5 Å². The Bertz CT molecular complexity index is 1220. The lowest BCUT2D eigenvalue weighted by Gasteiger charge is -1.98. The second-order valence-electron chi connectivity index (χ2n) is 5.35. The van der Waals surface area contributed by atoms with Gasteiger partial charge in [0, 0.05) is 0 Å². The highest BCUT2D eigenvalue weighted by molar-refractivity contribution is 5.78. The van der Waals surface area contributed by atoms with Crippen LogP contribution in [-0.2, 0) is 0 Å². The third-order valence-corrected chi connectivity index (χ3v) is 3.88. The highest BCUT2D eigenvalue weighted by atomic mass is 16.5. The van der Waals surface area contributed by atoms with E-state index in [-0.39, 0.29) is 11.3 Å². The summed E-state index contributed by atoms with van der Waals surface area (Å²) in [5.41, 5.74) is 0.590. The van der Waals surface area contributed by atoms with Gasteiger partial charge in [-0.15, -0.1) is 0 Å². The molecule has 0 unspecified atom stereocenters. The summed E-state index contributed by atoms with van der Waals surface area (Å²) >= 11 is 0. The standard InChI is InChI=1S/C18H13N3O3/c1-24-12-8-6-11(7-9-12)10-15-17(23)21-16(22)13-4-2-3-5-14(13)19-18(21)20-15/h2-10H,1H3,(H,19,20)/b15-10+. The number of benzene rings is 2. The molecule has 4 aromatic rings. The average molecular weight is 319 g/mol. The van der Waals surface area contributed by atoms with Crippen LogP contribution < -0.4 is 21.2 Å². The Labute approximate surface area is 135 Å². The van der Waals surface area contributed by atoms with Gasteiger partial charge in [0.15, 0.2) is 0 Å². The summed E-state index contributed by atoms with van der Waals surface area (Å²) in [4.78, 5) is 32.4. The van der Waals surface area contributed by atoms with Gasteiger partial charge in [0.05, 0.1) is 18.0 Å². The number of methoxy groups -OCH3 is 1. The van der Waals surface area contributed by atoms with Crippen molar-refractivity contribution in [1.82, 2.24) is 14.4 Å². The number of H-pyrrole nitrogens is 1. The minimum atomic E-state index is -0.413. The molecule has 0 bridgehead atoms. The second-order valence-corrected chi connectivity index (χ2v) is 5.35. The zero-order chi connectivity index (χ0) is 16.7. The van der Waals surface area contributed by atoms with Gasteiger partial charge < -0.3 is 9.72 Å². The zero-order valence-corrected chi connectivity index (χ0v) is 12.8. The minimum Gasteiger partial charge on any atom is -0.497 e. The van der Waals surface area contributed by atoms with Gasteiger partial charge in [0.1, 0.15) is 11.1 Å². The van der Waals surface area contributed by atoms with Crippen LogP contribution in [0.25, 0.3) is 22.8 Å². The number of fused-ring (bicyclic) bond motifs is 2. The lowest BCUT2D eigenvalue weighted by Crippen LogP contribution is -2.31. The van der Waals surface area contributed by atoms with Gasteiger partial charge in [-0.3, -0.25) is 9.59 Å². The van der Waals surface area contributed by atoms with E-state index in [9.17, 15) is 9.59 Å². The summed E-state index contributed by atoms with van der Waals surface area (Å²) in [6.45, 7) is 0. The lowest BCUT2D eigenvalue weighted by molar-refractivity contribution is 0.415. The second kappa shape index (κ2) is 5.34. The maximum Gasteiger partial charge on any atom is 0.284 e. The van der Waals surface area contributed by atoms with Crippen LogP contribution in [0.15, 0.2) is 58.1 Å². The molecule has 24 heavy (non-hydrogen) atoms. The molecular weight excluding hydrogens is 306 g/mol. The number of ether oxygens (including phenoxy) is 1. The number of rotatable bonds is 2. The number of hydrogen-bond donors (Lipinski definition) is 1. The first-order chi connectivity index (χ1) is 11.7. The number of imidazole rings is 1. The van der Waals surface area contributed by atoms with E-state index in [0.717, 1.165) is 15.7 Å². The third kappa shape index (κ3) is 2.16. The molecule has 2 aromatic heterocycles. The Morgan fingerprint density at radius 1 is 1.04 bits per heavy atom. The maximum absolute atomic E-state index is 12.6. The summed E-state index contributed by atoms with van der Waals surface area (Å²) in [5.74, 6) is 0.971. The lowest BCUT2D eigenvalue weighted by atomic mass is 10.2. The van der Waals surface area contributed by atoms with E-state index in [0.29, 0.717) is 16.3 Å². The van der Waals surface area contributed by atoms with Gasteiger partial charge in [-0.25, -0.2) is 9.38 Å². The van der Waals surface area contributed by atoms with E-state index in [1.807, 2.05) is 12.1 Å². The van der Waals surface area contributed by atoms with Crippen LogP contribution in [0.1, 0.15) is 5.56 Å². The fourth-order valence-electron chi connectivity index (χ4n) is 2.66. The number of nitrogens with one attached hydrogen (secondary N) is 1. The third-order valence-electron chi connectivity index (χ3n) is 3.88. The zero-order valence-electron chi connectivity index (χ0n) is 12.8. The van der Waals surface area contributed by atoms with Crippen molar-refractivity contribution in [2.24, 2.45) is 0 Å². The van der Waals surface area contributed by atoms with E-state index in [2.05, 4.69) is 9.97 Å². The molecule has 0 radical (unpaired) electrons. The summed E-state index contributed by atoms with van der Waals surface area (Å²) in [6, 6.07) is 14.2. The van der Waals surface area contributed by atoms with Gasteiger partial charge in [0.2, 0.25) is 5.78 Å². The average Bonchev–Trinajstić information content (AvgIpc) is 2.92. The molecule has 0 aliphatic heterocycles. The van der Waals surface area contributed by atoms with Gasteiger partial charge in [-0.05, 0) is 35.9 Å². The van der Waals surface area contributed by atoms with Crippen LogP contribution in [0.4, 0.5) is 0 Å². The number of aromatic amines is 1. The fourth-order valence-corrected chi connectivity index (χ4v) is 2.66. The van der Waals surface area contributed by atoms with Crippen molar-refractivity contribution >= 4 is 22.8 Å². The largest absolute Gasteiger partial charge is 0.497 e. The number of aromatic nitrogens is 3. The van der Waals surface area contributed by atoms with Gasteiger partial charge >= 0.3 is 0 Å². The Kier molecular flexibility index (Phi) is 3.16. The maximum atomic E-state index is 12.6. The highest BCUT2D eigenvalue weighted by Crippen LogP contribution is 2.11. The normalized spacial score (nSPS) is 12.1. The molecule has 0 aliphatic rings. The van der Waals surface area contributed by atoms with E-state index >= 15 is 0 Å². The quantitative estimate of drug-likeness (QED) is 0.600. The number of para-hydroxylation sites is 1. The predicted octanol–water partition coefficient (Wildman–Crippen LogP) is 1.09. The molecule has 0 aliphatic carbocycles. The predicted molar refractivity (Wildman–Crippen MR) is 91.4 cm³/mol. The molecular formula is C18H13N3O3. The Hall–Kier alpha value is -3.41. The van der Waals surface area contributed by atoms with Crippen LogP contribution in [0.3, 0.4) is 0 Å². The summed E-state index contributed by atoms with van der Waals surface area (Å²) in [7, 11) is 1.59. The summed E-state index contributed by atoms with van der Waals surface area (Å²) < 4.78 is 6.18. The SMILES string of the molecule is COc1ccc(/C=c2/[nH]c3nc4ccccc4c(=O)n3c2=O)cc1. The first kappa shape index (κ1) is 14.2. The molecule has 0 spiro atoms. The van der Waals surface area contributed by atoms with Crippen molar-refractivity contribution in [2.75, 3.05) is 7.11 Å². The Morgan fingerprint density at radius 3 is 2.54 bits per heavy atom. The van der Waals surface area contributed by atoms with Crippen molar-refractivity contribution in [2.45, 2.75) is 0 Å². The molecule has 2 heterocycles. The van der Waals surface area contributed by atoms with Crippen LogP contribution in [0, 0.1) is 0 Å². The molecule has 0 amide bonds. The molecule has 1 N–H and O–H groups in total. The molecule has 6 nitrogen and oxygen atoms in total. The molecule has 0 atom stereocenters. The molecule has 118 valence electrons. The number of nitrogens with zero attached hydrogens (tertiary/aromatic N) is 2. The summed E-state index contributed by atoms with van der Waals surface area (Å²) in [5, 5.41) is 0.724. The molecule has 4 rings (SSSR count). The monoisotopic (exact) mass is 319 g/mol. The molecule has 6 heteroatoms. The smallest absolute Gasteiger partial charge is 0.284 e. The molecule has 0 saturated carbocycles. The first-order valence-electron chi connectivity index (χ1n) is 7.36. The van der Waals surface area contributed by atoms with Crippen LogP contribution in [0.5, 0.6) is 5.75 Å². The van der Waals surface area contributed by atoms with Crippen molar-refractivity contribution in [1.29, 1.82) is 0 Å². The van der Waals surface area contributed by atoms with Gasteiger partial charge in [0.25, 0.3) is 11.1 Å². The fraction of sp³-hybridized carbons (Fsp3) is 0.0556. The minimum absolute atomic E-state index is 0.239. The Morgan fingerprint density at radius 2 is 1.79 bits per heavy atom. The van der Waals surface area contributed by atoms with Crippen LogP contribution in [-0.4, -0.2) is 21.5 Å². The van der Waals surface area contributed by atoms with E-state index < -0.39 is 5.56 Å². The van der Waals surface area contributed by atoms with Crippen molar-refractivity contribution in [3.63, 3.8) is 0 Å². The molecule has 0 fully saturated rings. The van der Waals surface area contributed by atoms with Crippen molar-refractivity contribution in [3.8, 4) is 5.75 Å². The van der Waals surface area contributed by atoms with Gasteiger partial charge in [-0.1, -0.05) is 24.3 Å². The van der Waals surface area contributed by atoms with Crippen molar-refractivity contribution < 1.29 is 4.74 Å². The first-order valence-corrected chi connectivity index (χ1v) is 7.36. The van der Waals surface area contributed by atoms with Gasteiger partial charge in [-0.2, -0.15) is 0 Å². The molecule has 2 aromatic carbocycles. The summed E-state index contributed by atoms with van der Waals surface area (Å²) in [6.07, 6.45) is 1.68. The van der Waals surface area contributed by atoms with Crippen LogP contribution in [0.2, 0.25) is 0 Å². The van der Waals surface area contributed by atoms with Crippen molar-refractivity contribution in [3.05, 3.63) is 80.2 Å². The van der Waals surface area contributed by atoms with Crippen LogP contribution >= 0.6 is 0 Å².